The van der Waals surface area contributed by atoms with Crippen molar-refractivity contribution < 1.29 is 4.40 Å². The van der Waals surface area contributed by atoms with Gasteiger partial charge < -0.3 is 0 Å². The number of hydrogen-bond donors (Lipinski definition) is 1. The molecule has 0 saturated heterocycles. The van der Waals surface area contributed by atoms with Crippen LogP contribution in [0.25, 0.3) is 5.65 Å². The van der Waals surface area contributed by atoms with Crippen LogP contribution >= 0.6 is 0 Å². The molecule has 4 heteroatoms. The minimum Gasteiger partial charge on any atom is -0.255 e. The number of aromatic amines is 1. The van der Waals surface area contributed by atoms with Gasteiger partial charge in [-0.15, -0.1) is 5.10 Å². The first kappa shape index (κ1) is 7.21. The van der Waals surface area contributed by atoms with E-state index >= 15 is 0 Å². The Bertz CT molecular complexity index is 391. The third kappa shape index (κ3) is 0.958. The molecule has 4 nitrogen and oxygen atoms in total. The second-order valence-electron chi connectivity index (χ2n) is 3.07. The standard InChI is InChI=1S/C8H10N4/c1-6(2)8-11-10-7-5-9-3-4-12(7)8/h3-6H,1-2H3/p+1. The first-order valence-corrected chi connectivity index (χ1v) is 3.98. The van der Waals surface area contributed by atoms with Crippen LogP contribution in [0.2, 0.25) is 0 Å². The Kier molecular flexibility index (Phi) is 1.53. The van der Waals surface area contributed by atoms with E-state index in [0.29, 0.717) is 5.92 Å². The average Bonchev–Trinajstić information content (AvgIpc) is 2.47. The third-order valence-electron chi connectivity index (χ3n) is 1.83. The van der Waals surface area contributed by atoms with Gasteiger partial charge in [0.1, 0.15) is 6.20 Å². The van der Waals surface area contributed by atoms with E-state index < -0.39 is 0 Å². The van der Waals surface area contributed by atoms with Crippen molar-refractivity contribution in [2.24, 2.45) is 0 Å². The fraction of sp³-hybridized carbons (Fsp3) is 0.375. The molecule has 0 aliphatic carbocycles. The molecule has 2 heterocycles. The highest BCUT2D eigenvalue weighted by atomic mass is 15.3. The monoisotopic (exact) mass is 163 g/mol. The maximum absolute atomic E-state index is 4.12. The van der Waals surface area contributed by atoms with Crippen LogP contribution in [0.5, 0.6) is 0 Å². The van der Waals surface area contributed by atoms with Crippen molar-refractivity contribution in [1.29, 1.82) is 0 Å². The molecule has 0 atom stereocenters. The van der Waals surface area contributed by atoms with Crippen LogP contribution in [0.4, 0.5) is 0 Å². The predicted octanol–water partition coefficient (Wildman–Crippen LogP) is 0.667. The van der Waals surface area contributed by atoms with Gasteiger partial charge in [0.05, 0.1) is 12.4 Å². The van der Waals surface area contributed by atoms with Crippen LogP contribution in [0.3, 0.4) is 0 Å². The molecule has 0 aromatic carbocycles. The van der Waals surface area contributed by atoms with Crippen molar-refractivity contribution in [2.45, 2.75) is 19.8 Å². The van der Waals surface area contributed by atoms with E-state index in [4.69, 9.17) is 0 Å². The van der Waals surface area contributed by atoms with Gasteiger partial charge in [0, 0.05) is 11.0 Å². The molecule has 1 N–H and O–H groups in total. The zero-order chi connectivity index (χ0) is 8.55. The second kappa shape index (κ2) is 2.55. The van der Waals surface area contributed by atoms with Crippen molar-refractivity contribution in [3.8, 4) is 0 Å². The molecule has 62 valence electrons. The quantitative estimate of drug-likeness (QED) is 0.628. The van der Waals surface area contributed by atoms with E-state index in [1.807, 2.05) is 10.6 Å². The van der Waals surface area contributed by atoms with Gasteiger partial charge in [0.25, 0.3) is 0 Å². The third-order valence-corrected chi connectivity index (χ3v) is 1.83. The lowest BCUT2D eigenvalue weighted by Gasteiger charge is -1.94. The molecule has 0 fully saturated rings. The van der Waals surface area contributed by atoms with Crippen LogP contribution in [-0.2, 0) is 0 Å². The SMILES string of the molecule is CC(C)c1[nH]nc2cncc[n+]12. The molecular formula is C8H11N4+. The van der Waals surface area contributed by atoms with Gasteiger partial charge in [-0.2, -0.15) is 4.40 Å². The van der Waals surface area contributed by atoms with Crippen molar-refractivity contribution in [1.82, 2.24) is 15.2 Å². The Morgan fingerprint density at radius 1 is 1.50 bits per heavy atom. The first-order chi connectivity index (χ1) is 5.79. The fourth-order valence-electron chi connectivity index (χ4n) is 1.22. The number of nitrogens with zero attached hydrogens (tertiary/aromatic N) is 3. The van der Waals surface area contributed by atoms with Crippen LogP contribution in [0, 0.1) is 0 Å². The van der Waals surface area contributed by atoms with Gasteiger partial charge in [0.15, 0.2) is 0 Å². The molecule has 2 aromatic heterocycles. The lowest BCUT2D eigenvalue weighted by atomic mass is 10.2. The highest BCUT2D eigenvalue weighted by Gasteiger charge is 2.14. The molecular weight excluding hydrogens is 152 g/mol. The molecule has 2 rings (SSSR count). The normalized spacial score (nSPS) is 11.2. The van der Waals surface area contributed by atoms with Gasteiger partial charge in [-0.05, 0) is 0 Å². The van der Waals surface area contributed by atoms with Crippen molar-refractivity contribution >= 4 is 5.65 Å². The zero-order valence-corrected chi connectivity index (χ0v) is 7.15. The van der Waals surface area contributed by atoms with E-state index in [1.54, 1.807) is 12.4 Å². The van der Waals surface area contributed by atoms with Gasteiger partial charge in [-0.3, -0.25) is 4.98 Å². The Morgan fingerprint density at radius 2 is 2.33 bits per heavy atom. The van der Waals surface area contributed by atoms with Gasteiger partial charge in [-0.25, -0.2) is 0 Å². The molecule has 0 bridgehead atoms. The molecule has 0 amide bonds. The number of H-pyrrole nitrogens is 1. The van der Waals surface area contributed by atoms with E-state index in [0.717, 1.165) is 11.5 Å². The molecule has 12 heavy (non-hydrogen) atoms. The van der Waals surface area contributed by atoms with E-state index in [9.17, 15) is 0 Å². The van der Waals surface area contributed by atoms with Gasteiger partial charge in [0.2, 0.25) is 5.82 Å². The molecule has 0 saturated carbocycles. The van der Waals surface area contributed by atoms with Crippen molar-refractivity contribution in [3.63, 3.8) is 0 Å². The van der Waals surface area contributed by atoms with Crippen LogP contribution in [-0.4, -0.2) is 15.2 Å². The van der Waals surface area contributed by atoms with E-state index in [2.05, 4.69) is 29.0 Å². The molecule has 2 aromatic rings. The summed E-state index contributed by atoms with van der Waals surface area (Å²) in [5.41, 5.74) is 0.862. The van der Waals surface area contributed by atoms with Gasteiger partial charge in [-0.1, -0.05) is 13.8 Å². The zero-order valence-electron chi connectivity index (χ0n) is 7.15. The summed E-state index contributed by atoms with van der Waals surface area (Å²) in [5, 5.41) is 7.10. The Morgan fingerprint density at radius 3 is 3.08 bits per heavy atom. The second-order valence-corrected chi connectivity index (χ2v) is 3.07. The Hall–Kier alpha value is -1.45. The lowest BCUT2D eigenvalue weighted by molar-refractivity contribution is -0.524. The number of nitrogens with one attached hydrogen (secondary N) is 1. The van der Waals surface area contributed by atoms with E-state index in [-0.39, 0.29) is 0 Å². The van der Waals surface area contributed by atoms with Crippen molar-refractivity contribution in [3.05, 3.63) is 24.4 Å². The summed E-state index contributed by atoms with van der Waals surface area (Å²) in [6.45, 7) is 4.25. The minimum absolute atomic E-state index is 0.447. The summed E-state index contributed by atoms with van der Waals surface area (Å²) in [6.07, 6.45) is 5.41. The topological polar surface area (TPSA) is 45.7 Å². The van der Waals surface area contributed by atoms with E-state index in [1.165, 1.54) is 0 Å². The summed E-state index contributed by atoms with van der Waals surface area (Å²) in [4.78, 5) is 3.98. The summed E-state index contributed by atoms with van der Waals surface area (Å²) in [7, 11) is 0. The first-order valence-electron chi connectivity index (χ1n) is 3.98. The number of rotatable bonds is 1. The van der Waals surface area contributed by atoms with Crippen LogP contribution in [0.1, 0.15) is 25.6 Å². The highest BCUT2D eigenvalue weighted by molar-refractivity contribution is 5.21. The molecule has 0 spiro atoms. The molecule has 0 unspecified atom stereocenters. The number of aromatic nitrogens is 4. The number of fused-ring (bicyclic) bond motifs is 1. The van der Waals surface area contributed by atoms with Crippen molar-refractivity contribution in [2.75, 3.05) is 0 Å². The summed E-state index contributed by atoms with van der Waals surface area (Å²) >= 11 is 0. The Labute approximate surface area is 70.3 Å². The minimum atomic E-state index is 0.447. The number of hydrogen-bond acceptors (Lipinski definition) is 2. The molecule has 0 aliphatic rings. The largest absolute Gasteiger partial charge is 0.324 e. The van der Waals surface area contributed by atoms with Crippen LogP contribution < -0.4 is 4.40 Å². The van der Waals surface area contributed by atoms with Gasteiger partial charge >= 0.3 is 5.65 Å². The van der Waals surface area contributed by atoms with Crippen LogP contribution in [0.15, 0.2) is 18.6 Å². The summed E-state index contributed by atoms with van der Waals surface area (Å²) in [6, 6.07) is 0. The smallest absolute Gasteiger partial charge is 0.255 e. The molecule has 0 aliphatic heterocycles. The maximum atomic E-state index is 4.12. The highest BCUT2D eigenvalue weighted by Crippen LogP contribution is 2.05. The Balaban J connectivity index is 2.70. The molecule has 0 radical (unpaired) electrons. The lowest BCUT2D eigenvalue weighted by Crippen LogP contribution is -2.25. The average molecular weight is 163 g/mol. The summed E-state index contributed by atoms with van der Waals surface area (Å²) < 4.78 is 2.01. The summed E-state index contributed by atoms with van der Waals surface area (Å²) in [5.74, 6) is 1.55. The predicted molar refractivity (Wildman–Crippen MR) is 43.6 cm³/mol. The fourth-order valence-corrected chi connectivity index (χ4v) is 1.22. The maximum Gasteiger partial charge on any atom is 0.324 e.